The van der Waals surface area contributed by atoms with Gasteiger partial charge in [-0.05, 0) is 44.8 Å². The summed E-state index contributed by atoms with van der Waals surface area (Å²) in [5, 5.41) is 3.62. The third kappa shape index (κ3) is 4.43. The summed E-state index contributed by atoms with van der Waals surface area (Å²) in [5.74, 6) is 0.815. The zero-order chi connectivity index (χ0) is 10.4. The molecule has 1 aliphatic heterocycles. The second-order valence-electron chi connectivity index (χ2n) is 4.92. The highest BCUT2D eigenvalue weighted by Gasteiger charge is 2.18. The molecule has 0 saturated carbocycles. The Balaban J connectivity index is 2.11. The Labute approximate surface area is 89.1 Å². The highest BCUT2D eigenvalue weighted by Crippen LogP contribution is 2.11. The predicted molar refractivity (Wildman–Crippen MR) is 62.6 cm³/mol. The van der Waals surface area contributed by atoms with Crippen LogP contribution in [0.2, 0.25) is 0 Å². The first-order chi connectivity index (χ1) is 6.72. The number of rotatable bonds is 5. The third-order valence-corrected chi connectivity index (χ3v) is 2.89. The van der Waals surface area contributed by atoms with Gasteiger partial charge in [0.1, 0.15) is 0 Å². The van der Waals surface area contributed by atoms with Crippen LogP contribution in [0.5, 0.6) is 0 Å². The summed E-state index contributed by atoms with van der Waals surface area (Å²) in [6.07, 6.45) is 3.94. The van der Waals surface area contributed by atoms with Gasteiger partial charge in [-0.1, -0.05) is 20.8 Å². The van der Waals surface area contributed by atoms with E-state index < -0.39 is 0 Å². The van der Waals surface area contributed by atoms with Crippen LogP contribution in [0.25, 0.3) is 0 Å². The smallest absolute Gasteiger partial charge is 0.00914 e. The molecular weight excluding hydrogens is 172 g/mol. The Hall–Kier alpha value is -0.0800. The van der Waals surface area contributed by atoms with Crippen LogP contribution in [0.4, 0.5) is 0 Å². The fourth-order valence-corrected chi connectivity index (χ4v) is 2.18. The van der Waals surface area contributed by atoms with Crippen molar-refractivity contribution in [2.75, 3.05) is 26.2 Å². The highest BCUT2D eigenvalue weighted by atomic mass is 15.1. The normalized spacial score (nSPS) is 20.6. The minimum atomic E-state index is 0.790. The Kier molecular flexibility index (Phi) is 5.49. The summed E-state index contributed by atoms with van der Waals surface area (Å²) in [7, 11) is 0. The zero-order valence-corrected chi connectivity index (χ0v) is 10.1. The SMILES string of the molecule is CCCNC1CCN(CC(C)C)CC1. The van der Waals surface area contributed by atoms with E-state index in [1.807, 2.05) is 0 Å². The van der Waals surface area contributed by atoms with Gasteiger partial charge in [-0.3, -0.25) is 0 Å². The van der Waals surface area contributed by atoms with Gasteiger partial charge in [-0.15, -0.1) is 0 Å². The Bertz CT molecular complexity index is 137. The molecule has 0 unspecified atom stereocenters. The summed E-state index contributed by atoms with van der Waals surface area (Å²) < 4.78 is 0. The number of nitrogens with one attached hydrogen (secondary N) is 1. The van der Waals surface area contributed by atoms with Gasteiger partial charge in [0.15, 0.2) is 0 Å². The molecule has 0 aromatic carbocycles. The molecule has 0 aromatic rings. The Morgan fingerprint density at radius 3 is 2.43 bits per heavy atom. The lowest BCUT2D eigenvalue weighted by molar-refractivity contribution is 0.180. The van der Waals surface area contributed by atoms with Crippen LogP contribution in [0, 0.1) is 5.92 Å². The lowest BCUT2D eigenvalue weighted by atomic mass is 10.0. The van der Waals surface area contributed by atoms with E-state index in [4.69, 9.17) is 0 Å². The van der Waals surface area contributed by atoms with Crippen molar-refractivity contribution in [2.45, 2.75) is 46.1 Å². The van der Waals surface area contributed by atoms with Crippen molar-refractivity contribution in [3.8, 4) is 0 Å². The first-order valence-corrected chi connectivity index (χ1v) is 6.18. The molecule has 0 aliphatic carbocycles. The zero-order valence-electron chi connectivity index (χ0n) is 10.1. The van der Waals surface area contributed by atoms with E-state index in [0.717, 1.165) is 12.0 Å². The summed E-state index contributed by atoms with van der Waals surface area (Å²) in [6.45, 7) is 11.9. The van der Waals surface area contributed by atoms with E-state index in [1.165, 1.54) is 45.4 Å². The molecule has 0 bridgehead atoms. The van der Waals surface area contributed by atoms with Crippen molar-refractivity contribution in [3.05, 3.63) is 0 Å². The van der Waals surface area contributed by atoms with Gasteiger partial charge < -0.3 is 10.2 Å². The standard InChI is InChI=1S/C12H26N2/c1-4-7-13-12-5-8-14(9-6-12)10-11(2)3/h11-13H,4-10H2,1-3H3. The number of hydrogen-bond acceptors (Lipinski definition) is 2. The molecular formula is C12H26N2. The lowest BCUT2D eigenvalue weighted by Crippen LogP contribution is -2.43. The fraction of sp³-hybridized carbons (Fsp3) is 1.00. The van der Waals surface area contributed by atoms with Crippen molar-refractivity contribution in [2.24, 2.45) is 5.92 Å². The highest BCUT2D eigenvalue weighted by molar-refractivity contribution is 4.77. The second kappa shape index (κ2) is 6.41. The average Bonchev–Trinajstić information content (AvgIpc) is 2.16. The molecule has 1 aliphatic rings. The number of nitrogens with zero attached hydrogens (tertiary/aromatic N) is 1. The van der Waals surface area contributed by atoms with Crippen molar-refractivity contribution < 1.29 is 0 Å². The molecule has 0 amide bonds. The summed E-state index contributed by atoms with van der Waals surface area (Å²) in [4.78, 5) is 2.61. The third-order valence-electron chi connectivity index (χ3n) is 2.89. The molecule has 1 heterocycles. The van der Waals surface area contributed by atoms with Crippen molar-refractivity contribution in [3.63, 3.8) is 0 Å². The maximum absolute atomic E-state index is 3.62. The molecule has 14 heavy (non-hydrogen) atoms. The van der Waals surface area contributed by atoms with Gasteiger partial charge in [-0.25, -0.2) is 0 Å². The van der Waals surface area contributed by atoms with E-state index in [0.29, 0.717) is 0 Å². The molecule has 0 radical (unpaired) electrons. The molecule has 2 heteroatoms. The predicted octanol–water partition coefficient (Wildman–Crippen LogP) is 2.11. The van der Waals surface area contributed by atoms with Crippen LogP contribution in [0.3, 0.4) is 0 Å². The van der Waals surface area contributed by atoms with Crippen molar-refractivity contribution in [1.29, 1.82) is 0 Å². The van der Waals surface area contributed by atoms with E-state index in [2.05, 4.69) is 31.0 Å². The topological polar surface area (TPSA) is 15.3 Å². The monoisotopic (exact) mass is 198 g/mol. The maximum Gasteiger partial charge on any atom is 0.00914 e. The molecule has 1 rings (SSSR count). The van der Waals surface area contributed by atoms with Crippen LogP contribution in [-0.2, 0) is 0 Å². The van der Waals surface area contributed by atoms with Gasteiger partial charge >= 0.3 is 0 Å². The minimum Gasteiger partial charge on any atom is -0.314 e. The maximum atomic E-state index is 3.62. The van der Waals surface area contributed by atoms with Crippen molar-refractivity contribution >= 4 is 0 Å². The van der Waals surface area contributed by atoms with Crippen LogP contribution in [-0.4, -0.2) is 37.1 Å². The van der Waals surface area contributed by atoms with Gasteiger partial charge in [0.2, 0.25) is 0 Å². The fourth-order valence-electron chi connectivity index (χ4n) is 2.18. The van der Waals surface area contributed by atoms with Gasteiger partial charge in [0, 0.05) is 12.6 Å². The van der Waals surface area contributed by atoms with Gasteiger partial charge in [0.25, 0.3) is 0 Å². The number of piperidine rings is 1. The molecule has 0 spiro atoms. The molecule has 1 saturated heterocycles. The second-order valence-corrected chi connectivity index (χ2v) is 4.92. The summed E-state index contributed by atoms with van der Waals surface area (Å²) >= 11 is 0. The van der Waals surface area contributed by atoms with Gasteiger partial charge in [0.05, 0.1) is 0 Å². The molecule has 84 valence electrons. The van der Waals surface area contributed by atoms with Gasteiger partial charge in [-0.2, -0.15) is 0 Å². The molecule has 0 atom stereocenters. The Morgan fingerprint density at radius 1 is 1.29 bits per heavy atom. The average molecular weight is 198 g/mol. The van der Waals surface area contributed by atoms with Crippen LogP contribution in [0.1, 0.15) is 40.0 Å². The lowest BCUT2D eigenvalue weighted by Gasteiger charge is -2.33. The van der Waals surface area contributed by atoms with Crippen molar-refractivity contribution in [1.82, 2.24) is 10.2 Å². The van der Waals surface area contributed by atoms with Crippen LogP contribution in [0.15, 0.2) is 0 Å². The molecule has 1 N–H and O–H groups in total. The molecule has 0 aromatic heterocycles. The first kappa shape index (κ1) is 12.0. The summed E-state index contributed by atoms with van der Waals surface area (Å²) in [5.41, 5.74) is 0. The van der Waals surface area contributed by atoms with Crippen LogP contribution < -0.4 is 5.32 Å². The van der Waals surface area contributed by atoms with E-state index in [-0.39, 0.29) is 0 Å². The van der Waals surface area contributed by atoms with E-state index in [1.54, 1.807) is 0 Å². The Morgan fingerprint density at radius 2 is 1.93 bits per heavy atom. The number of likely N-dealkylation sites (tertiary alicyclic amines) is 1. The minimum absolute atomic E-state index is 0.790. The first-order valence-electron chi connectivity index (χ1n) is 6.18. The molecule has 2 nitrogen and oxygen atoms in total. The largest absolute Gasteiger partial charge is 0.314 e. The quantitative estimate of drug-likeness (QED) is 0.728. The number of hydrogen-bond donors (Lipinski definition) is 1. The van der Waals surface area contributed by atoms with E-state index in [9.17, 15) is 0 Å². The van der Waals surface area contributed by atoms with E-state index >= 15 is 0 Å². The molecule has 1 fully saturated rings. The summed E-state index contributed by atoms with van der Waals surface area (Å²) in [6, 6.07) is 0.790. The van der Waals surface area contributed by atoms with Crippen LogP contribution >= 0.6 is 0 Å².